The summed E-state index contributed by atoms with van der Waals surface area (Å²) in [5.41, 5.74) is 1.28. The van der Waals surface area contributed by atoms with Crippen LogP contribution < -0.4 is 24.4 Å². The second kappa shape index (κ2) is 8.03. The van der Waals surface area contributed by atoms with Crippen molar-refractivity contribution in [1.29, 1.82) is 0 Å². The predicted molar refractivity (Wildman–Crippen MR) is 108 cm³/mol. The molecule has 0 unspecified atom stereocenters. The van der Waals surface area contributed by atoms with Crippen molar-refractivity contribution in [2.75, 3.05) is 24.7 Å². The van der Waals surface area contributed by atoms with Crippen LogP contribution in [0.2, 0.25) is 0 Å². The minimum Gasteiger partial charge on any atom is -0.491 e. The second-order valence-electron chi connectivity index (χ2n) is 7.40. The van der Waals surface area contributed by atoms with Crippen LogP contribution in [0.1, 0.15) is 30.6 Å². The second-order valence-corrected chi connectivity index (χ2v) is 7.40. The Bertz CT molecular complexity index is 910. The summed E-state index contributed by atoms with van der Waals surface area (Å²) in [5, 5.41) is 2.95. The Hall–Kier alpha value is -3.22. The number of anilines is 1. The highest BCUT2D eigenvalue weighted by Crippen LogP contribution is 2.35. The molecule has 2 heterocycles. The summed E-state index contributed by atoms with van der Waals surface area (Å²) in [6.07, 6.45) is 0.333. The van der Waals surface area contributed by atoms with E-state index >= 15 is 0 Å². The fourth-order valence-corrected chi connectivity index (χ4v) is 3.48. The maximum Gasteiger partial charge on any atom is 0.251 e. The molecule has 1 saturated heterocycles. The molecule has 0 aromatic heterocycles. The van der Waals surface area contributed by atoms with Gasteiger partial charge >= 0.3 is 0 Å². The van der Waals surface area contributed by atoms with Gasteiger partial charge in [0.1, 0.15) is 19.0 Å². The van der Waals surface area contributed by atoms with Crippen molar-refractivity contribution >= 4 is 17.5 Å². The number of carbonyl (C=O) groups is 2. The standard InChI is InChI=1S/C22H24N2O5/c1-14(2)29-18-6-3-15(4-7-18)22(26)23-16-11-21(25)24(13-16)17-5-8-19-20(12-17)28-10-9-27-19/h3-8,12,14,16H,9-11,13H2,1-2H3,(H,23,26)/t16-/m0/s1. The van der Waals surface area contributed by atoms with Crippen LogP contribution in [0.5, 0.6) is 17.2 Å². The molecular formula is C22H24N2O5. The monoisotopic (exact) mass is 396 g/mol. The van der Waals surface area contributed by atoms with Crippen LogP contribution in [0.4, 0.5) is 5.69 Å². The van der Waals surface area contributed by atoms with Gasteiger partial charge in [0.25, 0.3) is 5.91 Å². The van der Waals surface area contributed by atoms with Crippen molar-refractivity contribution in [3.8, 4) is 17.2 Å². The van der Waals surface area contributed by atoms with Gasteiger partial charge in [-0.15, -0.1) is 0 Å². The van der Waals surface area contributed by atoms with E-state index in [4.69, 9.17) is 14.2 Å². The molecule has 0 bridgehead atoms. The molecule has 0 saturated carbocycles. The first kappa shape index (κ1) is 19.1. The van der Waals surface area contributed by atoms with E-state index in [1.165, 1.54) is 0 Å². The highest BCUT2D eigenvalue weighted by atomic mass is 16.6. The zero-order chi connectivity index (χ0) is 20.4. The SMILES string of the molecule is CC(C)Oc1ccc(C(=O)N[C@H]2CC(=O)N(c3ccc4c(c3)OCCO4)C2)cc1. The molecule has 0 aliphatic carbocycles. The topological polar surface area (TPSA) is 77.1 Å². The third kappa shape index (κ3) is 4.29. The lowest BCUT2D eigenvalue weighted by Crippen LogP contribution is -2.37. The fourth-order valence-electron chi connectivity index (χ4n) is 3.48. The van der Waals surface area contributed by atoms with Gasteiger partial charge in [-0.05, 0) is 50.2 Å². The van der Waals surface area contributed by atoms with E-state index in [0.717, 1.165) is 11.4 Å². The van der Waals surface area contributed by atoms with E-state index in [1.54, 1.807) is 29.2 Å². The zero-order valence-electron chi connectivity index (χ0n) is 16.5. The normalized spacial score (nSPS) is 18.1. The Kier molecular flexibility index (Phi) is 5.29. The number of ether oxygens (including phenoxy) is 3. The van der Waals surface area contributed by atoms with Gasteiger partial charge in [-0.3, -0.25) is 9.59 Å². The molecule has 1 N–H and O–H groups in total. The molecule has 1 fully saturated rings. The lowest BCUT2D eigenvalue weighted by Gasteiger charge is -2.22. The molecule has 2 aliphatic rings. The minimum atomic E-state index is -0.255. The molecule has 4 rings (SSSR count). The van der Waals surface area contributed by atoms with Crippen molar-refractivity contribution in [1.82, 2.24) is 5.32 Å². The number of fused-ring (bicyclic) bond motifs is 1. The molecule has 2 amide bonds. The highest BCUT2D eigenvalue weighted by molar-refractivity contribution is 5.99. The van der Waals surface area contributed by atoms with Crippen molar-refractivity contribution in [2.24, 2.45) is 0 Å². The molecule has 0 spiro atoms. The minimum absolute atomic E-state index is 0.0346. The first-order valence-corrected chi connectivity index (χ1v) is 9.77. The molecule has 2 aliphatic heterocycles. The molecule has 0 radical (unpaired) electrons. The van der Waals surface area contributed by atoms with Crippen molar-refractivity contribution in [2.45, 2.75) is 32.4 Å². The van der Waals surface area contributed by atoms with Gasteiger partial charge in [0, 0.05) is 30.3 Å². The molecule has 7 heteroatoms. The highest BCUT2D eigenvalue weighted by Gasteiger charge is 2.32. The van der Waals surface area contributed by atoms with Crippen molar-refractivity contribution in [3.63, 3.8) is 0 Å². The van der Waals surface area contributed by atoms with Crippen LogP contribution in [-0.4, -0.2) is 43.7 Å². The van der Waals surface area contributed by atoms with Crippen molar-refractivity contribution < 1.29 is 23.8 Å². The Morgan fingerprint density at radius 2 is 1.83 bits per heavy atom. The quantitative estimate of drug-likeness (QED) is 0.841. The van der Waals surface area contributed by atoms with Crippen molar-refractivity contribution in [3.05, 3.63) is 48.0 Å². The predicted octanol–water partition coefficient (Wildman–Crippen LogP) is 2.78. The number of nitrogens with zero attached hydrogens (tertiary/aromatic N) is 1. The van der Waals surface area contributed by atoms with E-state index in [1.807, 2.05) is 32.0 Å². The van der Waals surface area contributed by atoms with Crippen LogP contribution in [-0.2, 0) is 4.79 Å². The van der Waals surface area contributed by atoms with E-state index in [9.17, 15) is 9.59 Å². The average Bonchev–Trinajstić information content (AvgIpc) is 3.07. The lowest BCUT2D eigenvalue weighted by molar-refractivity contribution is -0.117. The van der Waals surface area contributed by atoms with Gasteiger partial charge < -0.3 is 24.4 Å². The van der Waals surface area contributed by atoms with Gasteiger partial charge in [-0.2, -0.15) is 0 Å². The summed E-state index contributed by atoms with van der Waals surface area (Å²) in [6.45, 7) is 5.33. The summed E-state index contributed by atoms with van der Waals surface area (Å²) < 4.78 is 16.7. The van der Waals surface area contributed by atoms with Crippen LogP contribution in [0.25, 0.3) is 0 Å². The third-order valence-corrected chi connectivity index (χ3v) is 4.79. The molecule has 7 nitrogen and oxygen atoms in total. The van der Waals surface area contributed by atoms with E-state index < -0.39 is 0 Å². The number of amides is 2. The summed E-state index contributed by atoms with van der Waals surface area (Å²) in [4.78, 5) is 26.7. The molecule has 152 valence electrons. The summed E-state index contributed by atoms with van der Waals surface area (Å²) >= 11 is 0. The molecule has 29 heavy (non-hydrogen) atoms. The van der Waals surface area contributed by atoms with Crippen LogP contribution in [0.3, 0.4) is 0 Å². The maximum absolute atomic E-state index is 12.6. The first-order valence-electron chi connectivity index (χ1n) is 9.77. The molecule has 2 aromatic rings. The number of rotatable bonds is 5. The largest absolute Gasteiger partial charge is 0.491 e. The lowest BCUT2D eigenvalue weighted by atomic mass is 10.1. The molecule has 2 aromatic carbocycles. The number of carbonyl (C=O) groups excluding carboxylic acids is 2. The van der Waals surface area contributed by atoms with Gasteiger partial charge in [-0.1, -0.05) is 0 Å². The Balaban J connectivity index is 1.40. The molecular weight excluding hydrogens is 372 g/mol. The van der Waals surface area contributed by atoms with Gasteiger partial charge in [0.15, 0.2) is 11.5 Å². The molecule has 1 atom stereocenters. The average molecular weight is 396 g/mol. The van der Waals surface area contributed by atoms with E-state index in [0.29, 0.717) is 36.8 Å². The maximum atomic E-state index is 12.6. The Labute approximate surface area is 169 Å². The van der Waals surface area contributed by atoms with Gasteiger partial charge in [0.05, 0.1) is 12.1 Å². The van der Waals surface area contributed by atoms with Crippen LogP contribution >= 0.6 is 0 Å². The number of hydrogen-bond donors (Lipinski definition) is 1. The Morgan fingerprint density at radius 3 is 2.55 bits per heavy atom. The number of nitrogens with one attached hydrogen (secondary N) is 1. The number of hydrogen-bond acceptors (Lipinski definition) is 5. The summed E-state index contributed by atoms with van der Waals surface area (Å²) in [5.74, 6) is 1.80. The first-order chi connectivity index (χ1) is 14.0. The summed E-state index contributed by atoms with van der Waals surface area (Å²) in [6, 6.07) is 12.2. The van der Waals surface area contributed by atoms with Gasteiger partial charge in [-0.25, -0.2) is 0 Å². The zero-order valence-corrected chi connectivity index (χ0v) is 16.5. The Morgan fingerprint density at radius 1 is 1.10 bits per heavy atom. The van der Waals surface area contributed by atoms with E-state index in [2.05, 4.69) is 5.32 Å². The smallest absolute Gasteiger partial charge is 0.251 e. The number of benzene rings is 2. The fraction of sp³-hybridized carbons (Fsp3) is 0.364. The van der Waals surface area contributed by atoms with E-state index in [-0.39, 0.29) is 30.4 Å². The third-order valence-electron chi connectivity index (χ3n) is 4.79. The van der Waals surface area contributed by atoms with Crippen LogP contribution in [0.15, 0.2) is 42.5 Å². The van der Waals surface area contributed by atoms with Gasteiger partial charge in [0.2, 0.25) is 5.91 Å². The summed E-state index contributed by atoms with van der Waals surface area (Å²) in [7, 11) is 0. The van der Waals surface area contributed by atoms with Crippen LogP contribution in [0, 0.1) is 0 Å².